The van der Waals surface area contributed by atoms with E-state index in [2.05, 4.69) is 40.0 Å². The molecule has 4 heteroatoms. The average molecular weight is 303 g/mol. The molecular weight excluding hydrogens is 294 g/mol. The van der Waals surface area contributed by atoms with Gasteiger partial charge in [0, 0.05) is 14.9 Å². The number of alkyl halides is 1. The highest BCUT2D eigenvalue weighted by Crippen LogP contribution is 2.28. The van der Waals surface area contributed by atoms with E-state index in [0.29, 0.717) is 5.88 Å². The molecule has 0 bridgehead atoms. The molecule has 0 N–H and O–H groups in total. The molecule has 15 heavy (non-hydrogen) atoms. The van der Waals surface area contributed by atoms with E-state index in [4.69, 9.17) is 11.6 Å². The Hall–Kier alpha value is -0.380. The van der Waals surface area contributed by atoms with Crippen LogP contribution >= 0.6 is 38.9 Å². The second kappa shape index (κ2) is 4.64. The van der Waals surface area contributed by atoms with Gasteiger partial charge in [0.05, 0.1) is 11.6 Å². The Morgan fingerprint density at radius 3 is 2.53 bits per heavy atom. The maximum Gasteiger partial charge on any atom is 0.108 e. The lowest BCUT2D eigenvalue weighted by Gasteiger charge is -1.98. The fourth-order valence-electron chi connectivity index (χ4n) is 1.38. The number of hydrogen-bond donors (Lipinski definition) is 0. The van der Waals surface area contributed by atoms with Crippen molar-refractivity contribution >= 4 is 38.9 Å². The molecule has 2 aromatic rings. The molecule has 0 saturated carbocycles. The van der Waals surface area contributed by atoms with Crippen LogP contribution in [0, 0.1) is 6.92 Å². The topological polar surface area (TPSA) is 12.9 Å². The van der Waals surface area contributed by atoms with Crippen LogP contribution in [0.1, 0.15) is 9.88 Å². The third-order valence-electron chi connectivity index (χ3n) is 2.07. The number of thiazole rings is 1. The molecule has 0 amide bonds. The minimum absolute atomic E-state index is 0.488. The second-order valence-corrected chi connectivity index (χ2v) is 5.62. The number of hydrogen-bond acceptors (Lipinski definition) is 2. The first-order valence-electron chi connectivity index (χ1n) is 4.49. The van der Waals surface area contributed by atoms with E-state index < -0.39 is 0 Å². The monoisotopic (exact) mass is 301 g/mol. The quantitative estimate of drug-likeness (QED) is 0.738. The van der Waals surface area contributed by atoms with Crippen LogP contribution in [0.15, 0.2) is 28.7 Å². The summed E-state index contributed by atoms with van der Waals surface area (Å²) >= 11 is 10.8. The maximum absolute atomic E-state index is 5.77. The van der Waals surface area contributed by atoms with E-state index in [9.17, 15) is 0 Å². The Labute approximate surface area is 106 Å². The highest BCUT2D eigenvalue weighted by molar-refractivity contribution is 9.10. The summed E-state index contributed by atoms with van der Waals surface area (Å²) < 4.78 is 1.08. The van der Waals surface area contributed by atoms with Crippen LogP contribution in [0.5, 0.6) is 0 Å². The van der Waals surface area contributed by atoms with Crippen molar-refractivity contribution in [3.63, 3.8) is 0 Å². The van der Waals surface area contributed by atoms with Gasteiger partial charge in [0.15, 0.2) is 0 Å². The first kappa shape index (κ1) is 11.1. The van der Waals surface area contributed by atoms with Crippen LogP contribution < -0.4 is 0 Å². The zero-order valence-corrected chi connectivity index (χ0v) is 11.3. The number of rotatable bonds is 2. The normalized spacial score (nSPS) is 10.6. The summed E-state index contributed by atoms with van der Waals surface area (Å²) in [7, 11) is 0. The predicted octanol–water partition coefficient (Wildman–Crippen LogP) is 4.62. The number of nitrogens with zero attached hydrogens (tertiary/aromatic N) is 1. The van der Waals surface area contributed by atoms with Crippen molar-refractivity contribution in [2.75, 3.05) is 0 Å². The van der Waals surface area contributed by atoms with Gasteiger partial charge in [-0.2, -0.15) is 0 Å². The van der Waals surface area contributed by atoms with Crippen molar-refractivity contribution in [3.8, 4) is 11.3 Å². The molecule has 0 atom stereocenters. The maximum atomic E-state index is 5.77. The molecule has 0 radical (unpaired) electrons. The molecule has 1 aromatic carbocycles. The van der Waals surface area contributed by atoms with Gasteiger partial charge in [0.1, 0.15) is 5.01 Å². The van der Waals surface area contributed by atoms with E-state index in [1.165, 1.54) is 4.88 Å². The molecule has 2 rings (SSSR count). The molecule has 78 valence electrons. The van der Waals surface area contributed by atoms with Gasteiger partial charge >= 0.3 is 0 Å². The van der Waals surface area contributed by atoms with E-state index >= 15 is 0 Å². The third-order valence-corrected chi connectivity index (χ3v) is 3.98. The van der Waals surface area contributed by atoms with Crippen LogP contribution in [0.2, 0.25) is 0 Å². The third kappa shape index (κ3) is 2.41. The fourth-order valence-corrected chi connectivity index (χ4v) is 2.68. The minimum atomic E-state index is 0.488. The summed E-state index contributed by atoms with van der Waals surface area (Å²) in [6.45, 7) is 2.07. The molecule has 0 aliphatic rings. The SMILES string of the molecule is Cc1sc(CCl)nc1-c1ccc(Br)cc1. The Bertz CT molecular complexity index is 464. The Kier molecular flexibility index (Phi) is 3.44. The molecule has 1 nitrogen and oxygen atoms in total. The summed E-state index contributed by atoms with van der Waals surface area (Å²) in [6.07, 6.45) is 0. The molecule has 1 aromatic heterocycles. The fraction of sp³-hybridized carbons (Fsp3) is 0.182. The van der Waals surface area contributed by atoms with Gasteiger partial charge in [-0.15, -0.1) is 22.9 Å². The largest absolute Gasteiger partial charge is 0.240 e. The van der Waals surface area contributed by atoms with Crippen molar-refractivity contribution in [2.24, 2.45) is 0 Å². The highest BCUT2D eigenvalue weighted by atomic mass is 79.9. The first-order valence-corrected chi connectivity index (χ1v) is 6.63. The smallest absolute Gasteiger partial charge is 0.108 e. The van der Waals surface area contributed by atoms with Crippen molar-refractivity contribution in [3.05, 3.63) is 38.6 Å². The minimum Gasteiger partial charge on any atom is -0.240 e. The lowest BCUT2D eigenvalue weighted by Crippen LogP contribution is -1.81. The molecule has 0 saturated heterocycles. The molecule has 0 fully saturated rings. The van der Waals surface area contributed by atoms with E-state index in [1.54, 1.807) is 11.3 Å². The average Bonchev–Trinajstić information content (AvgIpc) is 2.61. The highest BCUT2D eigenvalue weighted by Gasteiger charge is 2.08. The molecule has 0 unspecified atom stereocenters. The van der Waals surface area contributed by atoms with Crippen LogP contribution in [-0.4, -0.2) is 4.98 Å². The number of aryl methyl sites for hydroxylation is 1. The van der Waals surface area contributed by atoms with Gasteiger partial charge in [0.25, 0.3) is 0 Å². The van der Waals surface area contributed by atoms with Gasteiger partial charge in [-0.1, -0.05) is 28.1 Å². The van der Waals surface area contributed by atoms with E-state index in [-0.39, 0.29) is 0 Å². The number of benzene rings is 1. The van der Waals surface area contributed by atoms with Crippen LogP contribution in [0.4, 0.5) is 0 Å². The van der Waals surface area contributed by atoms with Gasteiger partial charge in [0.2, 0.25) is 0 Å². The molecule has 1 heterocycles. The summed E-state index contributed by atoms with van der Waals surface area (Å²) in [6, 6.07) is 8.16. The summed E-state index contributed by atoms with van der Waals surface area (Å²) in [5, 5.41) is 0.979. The van der Waals surface area contributed by atoms with Gasteiger partial charge in [-0.25, -0.2) is 4.98 Å². The Balaban J connectivity index is 2.44. The molecule has 0 aliphatic carbocycles. The van der Waals surface area contributed by atoms with Crippen LogP contribution in [-0.2, 0) is 5.88 Å². The summed E-state index contributed by atoms with van der Waals surface area (Å²) in [5.41, 5.74) is 2.19. The predicted molar refractivity (Wildman–Crippen MR) is 69.5 cm³/mol. The number of halogens is 2. The van der Waals surface area contributed by atoms with Gasteiger partial charge in [-0.05, 0) is 19.1 Å². The summed E-state index contributed by atoms with van der Waals surface area (Å²) in [5.74, 6) is 0.488. The standard InChI is InChI=1S/C11H9BrClNS/c1-7-11(14-10(6-13)15-7)8-2-4-9(12)5-3-8/h2-5H,6H2,1H3. The van der Waals surface area contributed by atoms with Crippen LogP contribution in [0.3, 0.4) is 0 Å². The Morgan fingerprint density at radius 1 is 1.33 bits per heavy atom. The van der Waals surface area contributed by atoms with Gasteiger partial charge in [-0.3, -0.25) is 0 Å². The molecule has 0 aliphatic heterocycles. The zero-order chi connectivity index (χ0) is 10.8. The lowest BCUT2D eigenvalue weighted by atomic mass is 10.1. The van der Waals surface area contributed by atoms with Crippen molar-refractivity contribution < 1.29 is 0 Å². The van der Waals surface area contributed by atoms with E-state index in [0.717, 1.165) is 20.7 Å². The van der Waals surface area contributed by atoms with Crippen molar-refractivity contribution in [1.82, 2.24) is 4.98 Å². The second-order valence-electron chi connectivity index (χ2n) is 3.15. The zero-order valence-electron chi connectivity index (χ0n) is 8.13. The van der Waals surface area contributed by atoms with Gasteiger partial charge < -0.3 is 0 Å². The number of aromatic nitrogens is 1. The van der Waals surface area contributed by atoms with Crippen molar-refractivity contribution in [2.45, 2.75) is 12.8 Å². The van der Waals surface area contributed by atoms with Crippen LogP contribution in [0.25, 0.3) is 11.3 Å². The van der Waals surface area contributed by atoms with Crippen molar-refractivity contribution in [1.29, 1.82) is 0 Å². The first-order chi connectivity index (χ1) is 7.20. The lowest BCUT2D eigenvalue weighted by molar-refractivity contribution is 1.25. The molecular formula is C11H9BrClNS. The molecule has 0 spiro atoms. The van der Waals surface area contributed by atoms with E-state index in [1.807, 2.05) is 12.1 Å². The Morgan fingerprint density at radius 2 is 2.00 bits per heavy atom. The summed E-state index contributed by atoms with van der Waals surface area (Å²) in [4.78, 5) is 5.72.